The van der Waals surface area contributed by atoms with E-state index in [9.17, 15) is 5.11 Å². The number of azo groups is 1. The molecule has 1 aliphatic heterocycles. The van der Waals surface area contributed by atoms with Gasteiger partial charge in [0, 0.05) is 15.9 Å². The molecule has 3 rings (SSSR count). The summed E-state index contributed by atoms with van der Waals surface area (Å²) >= 11 is 11.0. The van der Waals surface area contributed by atoms with Crippen molar-refractivity contribution in [3.05, 3.63) is 22.7 Å². The van der Waals surface area contributed by atoms with Gasteiger partial charge < -0.3 is 15.4 Å². The van der Waals surface area contributed by atoms with E-state index < -0.39 is 0 Å². The van der Waals surface area contributed by atoms with Crippen molar-refractivity contribution in [1.82, 2.24) is 4.57 Å². The predicted molar refractivity (Wildman–Crippen MR) is 92.3 cm³/mol. The van der Waals surface area contributed by atoms with E-state index in [0.717, 1.165) is 22.9 Å². The first kappa shape index (κ1) is 15.2. The molecule has 0 bridgehead atoms. The van der Waals surface area contributed by atoms with Crippen LogP contribution in [-0.2, 0) is 5.54 Å². The summed E-state index contributed by atoms with van der Waals surface area (Å²) in [7, 11) is 0. The lowest BCUT2D eigenvalue weighted by atomic mass is 9.82. The maximum absolute atomic E-state index is 10.7. The summed E-state index contributed by atoms with van der Waals surface area (Å²) in [6, 6.07) is 3.74. The Morgan fingerprint density at radius 3 is 2.82 bits per heavy atom. The predicted octanol–water partition coefficient (Wildman–Crippen LogP) is 4.57. The van der Waals surface area contributed by atoms with Crippen molar-refractivity contribution in [2.24, 2.45) is 16.0 Å². The average molecular weight is 337 g/mol. The third kappa shape index (κ3) is 2.18. The Hall–Kier alpha value is -1.66. The van der Waals surface area contributed by atoms with Crippen molar-refractivity contribution in [3.8, 4) is 5.88 Å². The second-order valence-corrected chi connectivity index (χ2v) is 7.21. The van der Waals surface area contributed by atoms with Gasteiger partial charge in [0.2, 0.25) is 11.0 Å². The number of aromatic hydroxyl groups is 1. The van der Waals surface area contributed by atoms with Crippen LogP contribution in [0.5, 0.6) is 5.88 Å². The van der Waals surface area contributed by atoms with Gasteiger partial charge in [-0.3, -0.25) is 0 Å². The SMILES string of the molecule is CC1CC(C)(C)n2c(O)c(N=NC(N)=S)c3cc(Cl)cc1c32. The van der Waals surface area contributed by atoms with E-state index >= 15 is 0 Å². The van der Waals surface area contributed by atoms with Crippen molar-refractivity contribution in [2.75, 3.05) is 0 Å². The number of halogens is 1. The van der Waals surface area contributed by atoms with Gasteiger partial charge in [-0.15, -0.1) is 10.2 Å². The number of nitrogens with two attached hydrogens (primary N) is 1. The fourth-order valence-corrected chi connectivity index (χ4v) is 3.76. The molecule has 5 nitrogen and oxygen atoms in total. The minimum absolute atomic E-state index is 0.0652. The molecule has 0 saturated heterocycles. The first-order valence-electron chi connectivity index (χ1n) is 7.01. The Balaban J connectivity index is 2.44. The van der Waals surface area contributed by atoms with Crippen LogP contribution in [-0.4, -0.2) is 14.8 Å². The van der Waals surface area contributed by atoms with Crippen LogP contribution in [0.25, 0.3) is 10.9 Å². The smallest absolute Gasteiger partial charge is 0.221 e. The maximum Gasteiger partial charge on any atom is 0.221 e. The van der Waals surface area contributed by atoms with E-state index in [-0.39, 0.29) is 16.5 Å². The van der Waals surface area contributed by atoms with Crippen molar-refractivity contribution >= 4 is 45.5 Å². The highest BCUT2D eigenvalue weighted by atomic mass is 35.5. The number of thiocarbonyl (C=S) groups is 1. The highest BCUT2D eigenvalue weighted by Gasteiger charge is 2.36. The molecule has 0 fully saturated rings. The van der Waals surface area contributed by atoms with E-state index in [0.29, 0.717) is 16.6 Å². The molecular formula is C15H17ClN4OS. The molecule has 1 atom stereocenters. The van der Waals surface area contributed by atoms with Crippen LogP contribution in [0.4, 0.5) is 5.69 Å². The topological polar surface area (TPSA) is 75.9 Å². The van der Waals surface area contributed by atoms with Gasteiger partial charge in [0.15, 0.2) is 5.69 Å². The molecule has 2 aromatic rings. The third-order valence-electron chi connectivity index (χ3n) is 4.20. The number of hydrogen-bond acceptors (Lipinski definition) is 3. The van der Waals surface area contributed by atoms with E-state index in [4.69, 9.17) is 29.6 Å². The second-order valence-electron chi connectivity index (χ2n) is 6.35. The summed E-state index contributed by atoms with van der Waals surface area (Å²) in [6.07, 6.45) is 0.892. The van der Waals surface area contributed by atoms with Crippen molar-refractivity contribution in [2.45, 2.75) is 38.6 Å². The second kappa shape index (κ2) is 4.93. The van der Waals surface area contributed by atoms with Crippen LogP contribution in [0, 0.1) is 0 Å². The van der Waals surface area contributed by atoms with Crippen molar-refractivity contribution in [1.29, 1.82) is 0 Å². The first-order valence-corrected chi connectivity index (χ1v) is 7.79. The number of aromatic nitrogens is 1. The molecular weight excluding hydrogens is 320 g/mol. The van der Waals surface area contributed by atoms with Gasteiger partial charge in [0.05, 0.1) is 5.52 Å². The summed E-state index contributed by atoms with van der Waals surface area (Å²) in [4.78, 5) is 0. The fraction of sp³-hybridized carbons (Fsp3) is 0.400. The lowest BCUT2D eigenvalue weighted by Gasteiger charge is -2.36. The van der Waals surface area contributed by atoms with E-state index in [1.165, 1.54) is 0 Å². The van der Waals surface area contributed by atoms with Crippen LogP contribution in [0.2, 0.25) is 5.02 Å². The molecule has 0 spiro atoms. The molecule has 1 aromatic heterocycles. The highest BCUT2D eigenvalue weighted by Crippen LogP contribution is 2.51. The van der Waals surface area contributed by atoms with Gasteiger partial charge >= 0.3 is 0 Å². The molecule has 2 heterocycles. The van der Waals surface area contributed by atoms with Crippen LogP contribution < -0.4 is 5.73 Å². The van der Waals surface area contributed by atoms with E-state index in [1.54, 1.807) is 6.07 Å². The Morgan fingerprint density at radius 1 is 1.50 bits per heavy atom. The van der Waals surface area contributed by atoms with Crippen LogP contribution in [0.15, 0.2) is 22.4 Å². The van der Waals surface area contributed by atoms with Gasteiger partial charge in [0.1, 0.15) is 0 Å². The van der Waals surface area contributed by atoms with Gasteiger partial charge in [0.25, 0.3) is 0 Å². The van der Waals surface area contributed by atoms with Crippen LogP contribution in [0.1, 0.15) is 38.7 Å². The third-order valence-corrected chi connectivity index (χ3v) is 4.50. The molecule has 116 valence electrons. The summed E-state index contributed by atoms with van der Waals surface area (Å²) in [6.45, 7) is 6.35. The Morgan fingerprint density at radius 2 is 2.18 bits per heavy atom. The number of rotatable bonds is 1. The van der Waals surface area contributed by atoms with E-state index in [2.05, 4.69) is 31.0 Å². The summed E-state index contributed by atoms with van der Waals surface area (Å²) in [5.41, 5.74) is 7.55. The Kier molecular flexibility index (Phi) is 3.41. The average Bonchev–Trinajstić information content (AvgIpc) is 2.66. The van der Waals surface area contributed by atoms with Gasteiger partial charge in [-0.2, -0.15) is 0 Å². The molecule has 22 heavy (non-hydrogen) atoms. The maximum atomic E-state index is 10.7. The zero-order valence-corrected chi connectivity index (χ0v) is 14.2. The molecule has 0 saturated carbocycles. The van der Waals surface area contributed by atoms with Gasteiger partial charge in [-0.1, -0.05) is 18.5 Å². The van der Waals surface area contributed by atoms with Gasteiger partial charge in [-0.05, 0) is 56.1 Å². The molecule has 0 aliphatic carbocycles. The summed E-state index contributed by atoms with van der Waals surface area (Å²) in [5, 5.41) is 19.7. The zero-order valence-electron chi connectivity index (χ0n) is 12.6. The molecule has 0 amide bonds. The van der Waals surface area contributed by atoms with Crippen LogP contribution >= 0.6 is 23.8 Å². The van der Waals surface area contributed by atoms with Gasteiger partial charge in [-0.25, -0.2) is 0 Å². The highest BCUT2D eigenvalue weighted by molar-refractivity contribution is 7.80. The quantitative estimate of drug-likeness (QED) is 0.591. The molecule has 3 N–H and O–H groups in total. The minimum atomic E-state index is -0.237. The van der Waals surface area contributed by atoms with Crippen LogP contribution in [0.3, 0.4) is 0 Å². The zero-order chi connectivity index (χ0) is 16.2. The molecule has 1 aromatic carbocycles. The number of benzene rings is 1. The van der Waals surface area contributed by atoms with Crippen molar-refractivity contribution < 1.29 is 5.11 Å². The largest absolute Gasteiger partial charge is 0.493 e. The summed E-state index contributed by atoms with van der Waals surface area (Å²) in [5.74, 6) is 0.397. The Bertz CT molecular complexity index is 825. The van der Waals surface area contributed by atoms with E-state index in [1.807, 2.05) is 10.6 Å². The first-order chi connectivity index (χ1) is 10.2. The molecule has 1 aliphatic rings. The lowest BCUT2D eigenvalue weighted by molar-refractivity contribution is 0.267. The molecule has 1 unspecified atom stereocenters. The minimum Gasteiger partial charge on any atom is -0.493 e. The molecule has 7 heteroatoms. The standard InChI is InChI=1S/C15H17ClN4OS/c1-7-6-15(2,3)20-12-9(7)4-8(16)5-10(12)11(13(20)21)18-19-14(17)22/h4-5,7,21H,6H2,1-3H3,(H2,17,22). The fourth-order valence-electron chi connectivity index (χ4n) is 3.50. The lowest BCUT2D eigenvalue weighted by Crippen LogP contribution is -2.31. The Labute approximate surface area is 138 Å². The van der Waals surface area contributed by atoms with Crippen molar-refractivity contribution in [3.63, 3.8) is 0 Å². The molecule has 0 radical (unpaired) electrons. The number of nitrogens with zero attached hydrogens (tertiary/aromatic N) is 3. The normalized spacial score (nSPS) is 19.9. The number of hydrogen-bond donors (Lipinski definition) is 2. The summed E-state index contributed by atoms with van der Waals surface area (Å²) < 4.78 is 1.90. The monoisotopic (exact) mass is 336 g/mol.